The third-order valence-electron chi connectivity index (χ3n) is 2.66. The van der Waals surface area contributed by atoms with Crippen LogP contribution in [0.4, 0.5) is 0 Å². The van der Waals surface area contributed by atoms with E-state index in [1.807, 2.05) is 0 Å². The Morgan fingerprint density at radius 2 is 0.952 bits per heavy atom. The predicted octanol–water partition coefficient (Wildman–Crippen LogP) is 0.506. The van der Waals surface area contributed by atoms with Crippen molar-refractivity contribution in [2.24, 2.45) is 0 Å². The summed E-state index contributed by atoms with van der Waals surface area (Å²) < 4.78 is 13.7. The molecule has 1 radical (unpaired) electrons. The Kier molecular flexibility index (Phi) is 12.4. The smallest absolute Gasteiger partial charge is 0.339 e. The number of carbonyl (C=O) groups is 4. The number of esters is 4. The third-order valence-corrected chi connectivity index (χ3v) is 2.66. The average molecular weight is 325 g/mol. The Balaban J connectivity index is 0.00000400. The molecule has 0 aliphatic carbocycles. The maximum atomic E-state index is 11.3. The second kappa shape index (κ2) is 12.4. The van der Waals surface area contributed by atoms with E-state index in [-0.39, 0.29) is 64.2 Å². The van der Waals surface area contributed by atoms with Crippen molar-refractivity contribution in [3.05, 3.63) is 0 Å². The van der Waals surface area contributed by atoms with Gasteiger partial charge in [-0.3, -0.25) is 9.59 Å². The molecule has 113 valence electrons. The van der Waals surface area contributed by atoms with Crippen molar-refractivity contribution in [1.29, 1.82) is 0 Å². The van der Waals surface area contributed by atoms with E-state index in [0.717, 1.165) is 19.3 Å². The molecule has 1 heterocycles. The molecule has 0 aromatic heterocycles. The van der Waals surface area contributed by atoms with E-state index >= 15 is 0 Å². The first-order valence-electron chi connectivity index (χ1n) is 6.62. The predicted molar refractivity (Wildman–Crippen MR) is 71.1 cm³/mol. The summed E-state index contributed by atoms with van der Waals surface area (Å²) in [7, 11) is 0. The molecular formula is C13H18KO7. The van der Waals surface area contributed by atoms with Crippen molar-refractivity contribution >= 4 is 75.3 Å². The Morgan fingerprint density at radius 1 is 0.571 bits per heavy atom. The van der Waals surface area contributed by atoms with E-state index in [0.29, 0.717) is 12.8 Å². The number of carbonyl (C=O) groups excluding carboxylic acids is 4. The van der Waals surface area contributed by atoms with Crippen LogP contribution in [-0.2, 0) is 33.4 Å². The van der Waals surface area contributed by atoms with E-state index in [9.17, 15) is 19.2 Å². The molecular weight excluding hydrogens is 307 g/mol. The number of hydrogen-bond acceptors (Lipinski definition) is 7. The summed E-state index contributed by atoms with van der Waals surface area (Å²) in [6.07, 6.45) is 4.11. The molecule has 0 spiro atoms. The SMILES string of the molecule is O=C1CCCCCCCC(=O)OC(=O)COCC(=O)O1.[K]. The average Bonchev–Trinajstić information content (AvgIpc) is 2.36. The van der Waals surface area contributed by atoms with Crippen LogP contribution in [-0.4, -0.2) is 88.5 Å². The van der Waals surface area contributed by atoms with Crippen LogP contribution in [0, 0.1) is 0 Å². The molecule has 0 amide bonds. The summed E-state index contributed by atoms with van der Waals surface area (Å²) in [5.41, 5.74) is 0. The monoisotopic (exact) mass is 325 g/mol. The summed E-state index contributed by atoms with van der Waals surface area (Å²) >= 11 is 0. The summed E-state index contributed by atoms with van der Waals surface area (Å²) in [5, 5.41) is 0. The van der Waals surface area contributed by atoms with Gasteiger partial charge in [-0.05, 0) is 12.8 Å². The van der Waals surface area contributed by atoms with Crippen molar-refractivity contribution in [3.8, 4) is 0 Å². The Morgan fingerprint density at radius 3 is 1.38 bits per heavy atom. The van der Waals surface area contributed by atoms with Gasteiger partial charge in [0.15, 0.2) is 0 Å². The Labute approximate surface area is 165 Å². The number of hydrogen-bond donors (Lipinski definition) is 0. The summed E-state index contributed by atoms with van der Waals surface area (Å²) in [6.45, 7) is -1.07. The van der Waals surface area contributed by atoms with Crippen LogP contribution in [0.25, 0.3) is 0 Å². The molecule has 1 saturated heterocycles. The molecule has 21 heavy (non-hydrogen) atoms. The Bertz CT molecular complexity index is 347. The summed E-state index contributed by atoms with van der Waals surface area (Å²) in [4.78, 5) is 44.9. The van der Waals surface area contributed by atoms with E-state index < -0.39 is 37.1 Å². The first kappa shape index (κ1) is 20.9. The zero-order valence-electron chi connectivity index (χ0n) is 12.2. The summed E-state index contributed by atoms with van der Waals surface area (Å²) in [6, 6.07) is 0. The fraction of sp³-hybridized carbons (Fsp3) is 0.692. The maximum absolute atomic E-state index is 11.3. The van der Waals surface area contributed by atoms with Gasteiger partial charge in [0.05, 0.1) is 0 Å². The molecule has 8 heteroatoms. The third kappa shape index (κ3) is 11.1. The van der Waals surface area contributed by atoms with Gasteiger partial charge in [0.2, 0.25) is 0 Å². The van der Waals surface area contributed by atoms with Crippen LogP contribution in [0.2, 0.25) is 0 Å². The molecule has 1 fully saturated rings. The quantitative estimate of drug-likeness (QED) is 0.363. The van der Waals surface area contributed by atoms with Gasteiger partial charge in [-0.15, -0.1) is 0 Å². The van der Waals surface area contributed by atoms with Gasteiger partial charge < -0.3 is 14.2 Å². The minimum absolute atomic E-state index is 0. The number of cyclic esters (lactones) is 4. The largest absolute Gasteiger partial charge is 0.391 e. The van der Waals surface area contributed by atoms with Gasteiger partial charge in [-0.2, -0.15) is 0 Å². The second-order valence-corrected chi connectivity index (χ2v) is 4.45. The van der Waals surface area contributed by atoms with E-state index in [2.05, 4.69) is 9.47 Å². The minimum atomic E-state index is -0.860. The molecule has 0 aromatic carbocycles. The normalized spacial score (nSPS) is 20.2. The number of ether oxygens (including phenoxy) is 3. The minimum Gasteiger partial charge on any atom is -0.391 e. The maximum Gasteiger partial charge on any atom is 0.339 e. The molecule has 1 rings (SSSR count). The van der Waals surface area contributed by atoms with Crippen molar-refractivity contribution < 1.29 is 33.4 Å². The molecule has 0 aromatic rings. The van der Waals surface area contributed by atoms with E-state index in [1.165, 1.54) is 0 Å². The fourth-order valence-corrected chi connectivity index (χ4v) is 1.70. The molecule has 0 saturated carbocycles. The first-order valence-corrected chi connectivity index (χ1v) is 6.62. The van der Waals surface area contributed by atoms with Crippen molar-refractivity contribution in [2.75, 3.05) is 13.2 Å². The van der Waals surface area contributed by atoms with Crippen molar-refractivity contribution in [2.45, 2.75) is 44.9 Å². The zero-order chi connectivity index (χ0) is 14.8. The second-order valence-electron chi connectivity index (χ2n) is 4.45. The van der Waals surface area contributed by atoms with Gasteiger partial charge in [-0.25, -0.2) is 9.59 Å². The van der Waals surface area contributed by atoms with Gasteiger partial charge in [0.1, 0.15) is 13.2 Å². The van der Waals surface area contributed by atoms with Gasteiger partial charge in [-0.1, -0.05) is 19.3 Å². The molecule has 0 unspecified atom stereocenters. The molecule has 1 aliphatic heterocycles. The molecule has 0 bridgehead atoms. The molecule has 7 nitrogen and oxygen atoms in total. The van der Waals surface area contributed by atoms with E-state index in [1.54, 1.807) is 0 Å². The van der Waals surface area contributed by atoms with Gasteiger partial charge >= 0.3 is 23.9 Å². The van der Waals surface area contributed by atoms with Gasteiger partial charge in [0.25, 0.3) is 0 Å². The topological polar surface area (TPSA) is 96.0 Å². The standard InChI is InChI=1S/C13H18O7.K/c14-10-6-4-2-1-3-5-7-11(15)20-13(17)9-18-8-12(16)19-10;/h1-9H2;. The van der Waals surface area contributed by atoms with Crippen LogP contribution in [0.1, 0.15) is 44.9 Å². The van der Waals surface area contributed by atoms with Crippen molar-refractivity contribution in [1.82, 2.24) is 0 Å². The Hall–Kier alpha value is -0.124. The number of rotatable bonds is 0. The first-order chi connectivity index (χ1) is 9.58. The summed E-state index contributed by atoms with van der Waals surface area (Å²) in [5.74, 6) is -2.91. The van der Waals surface area contributed by atoms with E-state index in [4.69, 9.17) is 4.74 Å². The fourth-order valence-electron chi connectivity index (χ4n) is 1.70. The van der Waals surface area contributed by atoms with Crippen LogP contribution in [0.15, 0.2) is 0 Å². The van der Waals surface area contributed by atoms with Crippen LogP contribution < -0.4 is 0 Å². The molecule has 1 aliphatic rings. The van der Waals surface area contributed by atoms with Crippen LogP contribution >= 0.6 is 0 Å². The molecule has 0 atom stereocenters. The van der Waals surface area contributed by atoms with Gasteiger partial charge in [0, 0.05) is 64.2 Å². The zero-order valence-corrected chi connectivity index (χ0v) is 15.3. The van der Waals surface area contributed by atoms with Crippen LogP contribution in [0.3, 0.4) is 0 Å². The van der Waals surface area contributed by atoms with Crippen LogP contribution in [0.5, 0.6) is 0 Å². The molecule has 0 N–H and O–H groups in total. The van der Waals surface area contributed by atoms with Crippen molar-refractivity contribution in [3.63, 3.8) is 0 Å².